The molecule has 0 heterocycles. The number of hydrogen-bond acceptors (Lipinski definition) is 4. The standard InChI is InChI=1S/C12H13NO4/c1-8-3-4-9(6-13)5-10(8)17-7-12(2,16)11(14)15/h3-5,16H,7H2,1-2H3,(H,14,15). The summed E-state index contributed by atoms with van der Waals surface area (Å²) in [4.78, 5) is 10.7. The van der Waals surface area contributed by atoms with Crippen LogP contribution in [-0.2, 0) is 4.79 Å². The second-order valence-corrected chi connectivity index (χ2v) is 3.96. The van der Waals surface area contributed by atoms with Crippen molar-refractivity contribution in [3.05, 3.63) is 29.3 Å². The van der Waals surface area contributed by atoms with Gasteiger partial charge in [0.25, 0.3) is 0 Å². The fraction of sp³-hybridized carbons (Fsp3) is 0.333. The summed E-state index contributed by atoms with van der Waals surface area (Å²) in [7, 11) is 0. The molecule has 0 fully saturated rings. The van der Waals surface area contributed by atoms with Crippen LogP contribution in [0.4, 0.5) is 0 Å². The Kier molecular flexibility index (Phi) is 3.71. The Morgan fingerprint density at radius 2 is 2.24 bits per heavy atom. The Labute approximate surface area is 98.9 Å². The molecule has 0 radical (unpaired) electrons. The van der Waals surface area contributed by atoms with E-state index in [0.717, 1.165) is 12.5 Å². The number of nitrogens with zero attached hydrogens (tertiary/aromatic N) is 1. The van der Waals surface area contributed by atoms with Gasteiger partial charge in [0.2, 0.25) is 0 Å². The molecule has 5 heteroatoms. The number of hydrogen-bond donors (Lipinski definition) is 2. The molecule has 1 atom stereocenters. The van der Waals surface area contributed by atoms with Crippen LogP contribution >= 0.6 is 0 Å². The van der Waals surface area contributed by atoms with E-state index in [2.05, 4.69) is 0 Å². The van der Waals surface area contributed by atoms with Crippen molar-refractivity contribution in [3.63, 3.8) is 0 Å². The summed E-state index contributed by atoms with van der Waals surface area (Å²) < 4.78 is 5.22. The van der Waals surface area contributed by atoms with E-state index >= 15 is 0 Å². The van der Waals surface area contributed by atoms with Crippen LogP contribution in [0.1, 0.15) is 18.1 Å². The average Bonchev–Trinajstić information content (AvgIpc) is 2.28. The first-order valence-electron chi connectivity index (χ1n) is 4.96. The molecule has 17 heavy (non-hydrogen) atoms. The molecule has 1 aromatic carbocycles. The predicted octanol–water partition coefficient (Wildman–Crippen LogP) is 1.08. The van der Waals surface area contributed by atoms with Crippen molar-refractivity contribution in [1.82, 2.24) is 0 Å². The highest BCUT2D eigenvalue weighted by Crippen LogP contribution is 2.20. The number of rotatable bonds is 4. The Morgan fingerprint density at radius 1 is 1.59 bits per heavy atom. The molecule has 0 saturated carbocycles. The number of carboxylic acids is 1. The molecule has 0 aromatic heterocycles. The van der Waals surface area contributed by atoms with Crippen molar-refractivity contribution in [2.75, 3.05) is 6.61 Å². The van der Waals surface area contributed by atoms with Gasteiger partial charge in [0.15, 0.2) is 5.60 Å². The van der Waals surface area contributed by atoms with Crippen molar-refractivity contribution in [2.45, 2.75) is 19.4 Å². The first-order valence-corrected chi connectivity index (χ1v) is 4.96. The molecule has 0 bridgehead atoms. The van der Waals surface area contributed by atoms with E-state index in [9.17, 15) is 9.90 Å². The molecule has 0 aliphatic rings. The summed E-state index contributed by atoms with van der Waals surface area (Å²) in [5.74, 6) is -0.961. The number of carbonyl (C=O) groups is 1. The molecule has 90 valence electrons. The van der Waals surface area contributed by atoms with Crippen LogP contribution in [0.25, 0.3) is 0 Å². The van der Waals surface area contributed by atoms with Gasteiger partial charge >= 0.3 is 5.97 Å². The minimum absolute atomic E-state index is 0.377. The van der Waals surface area contributed by atoms with Crippen molar-refractivity contribution in [3.8, 4) is 11.8 Å². The molecule has 0 aliphatic heterocycles. The second kappa shape index (κ2) is 4.85. The van der Waals surface area contributed by atoms with Crippen LogP contribution in [0.15, 0.2) is 18.2 Å². The van der Waals surface area contributed by atoms with Gasteiger partial charge < -0.3 is 14.9 Å². The minimum atomic E-state index is -1.95. The molecule has 0 aliphatic carbocycles. The van der Waals surface area contributed by atoms with Crippen molar-refractivity contribution in [2.24, 2.45) is 0 Å². The van der Waals surface area contributed by atoms with Gasteiger partial charge in [0.05, 0.1) is 11.6 Å². The van der Waals surface area contributed by atoms with Crippen molar-refractivity contribution < 1.29 is 19.7 Å². The van der Waals surface area contributed by atoms with Crippen LogP contribution in [0.2, 0.25) is 0 Å². The molecule has 1 rings (SSSR count). The smallest absolute Gasteiger partial charge is 0.339 e. The summed E-state index contributed by atoms with van der Waals surface area (Å²) in [5.41, 5.74) is -0.763. The van der Waals surface area contributed by atoms with E-state index in [1.54, 1.807) is 19.1 Å². The lowest BCUT2D eigenvalue weighted by Crippen LogP contribution is -2.41. The maximum atomic E-state index is 10.7. The largest absolute Gasteiger partial charge is 0.490 e. The van der Waals surface area contributed by atoms with Crippen LogP contribution < -0.4 is 4.74 Å². The highest BCUT2D eigenvalue weighted by molar-refractivity contribution is 5.76. The molecular formula is C12H13NO4. The zero-order chi connectivity index (χ0) is 13.1. The number of nitriles is 1. The summed E-state index contributed by atoms with van der Waals surface area (Å²) in [6, 6.07) is 6.80. The molecule has 0 saturated heterocycles. The number of carboxylic acid groups (broad SMARTS) is 1. The van der Waals surface area contributed by atoms with Gasteiger partial charge in [-0.1, -0.05) is 6.07 Å². The molecule has 0 spiro atoms. The van der Waals surface area contributed by atoms with E-state index in [0.29, 0.717) is 11.3 Å². The Bertz CT molecular complexity index is 474. The Hall–Kier alpha value is -2.06. The van der Waals surface area contributed by atoms with Gasteiger partial charge in [0.1, 0.15) is 12.4 Å². The molecule has 0 amide bonds. The second-order valence-electron chi connectivity index (χ2n) is 3.96. The van der Waals surface area contributed by atoms with Gasteiger partial charge in [-0.3, -0.25) is 0 Å². The van der Waals surface area contributed by atoms with E-state index in [1.807, 2.05) is 6.07 Å². The van der Waals surface area contributed by atoms with Crippen LogP contribution in [-0.4, -0.2) is 28.4 Å². The molecular weight excluding hydrogens is 222 g/mol. The number of benzene rings is 1. The summed E-state index contributed by atoms with van der Waals surface area (Å²) >= 11 is 0. The highest BCUT2D eigenvalue weighted by atomic mass is 16.5. The van der Waals surface area contributed by atoms with Gasteiger partial charge in [-0.25, -0.2) is 4.79 Å². The number of aliphatic hydroxyl groups is 1. The van der Waals surface area contributed by atoms with E-state index in [4.69, 9.17) is 15.1 Å². The SMILES string of the molecule is Cc1ccc(C#N)cc1OCC(C)(O)C(=O)O. The fourth-order valence-corrected chi connectivity index (χ4v) is 1.11. The van der Waals surface area contributed by atoms with E-state index < -0.39 is 11.6 Å². The highest BCUT2D eigenvalue weighted by Gasteiger charge is 2.31. The van der Waals surface area contributed by atoms with Gasteiger partial charge in [-0.05, 0) is 31.5 Å². The molecule has 5 nitrogen and oxygen atoms in total. The topological polar surface area (TPSA) is 90.5 Å². The van der Waals surface area contributed by atoms with Gasteiger partial charge in [-0.2, -0.15) is 5.26 Å². The van der Waals surface area contributed by atoms with Crippen LogP contribution in [0, 0.1) is 18.3 Å². The monoisotopic (exact) mass is 235 g/mol. The van der Waals surface area contributed by atoms with Gasteiger partial charge in [-0.15, -0.1) is 0 Å². The predicted molar refractivity (Wildman–Crippen MR) is 59.6 cm³/mol. The fourth-order valence-electron chi connectivity index (χ4n) is 1.11. The summed E-state index contributed by atoms with van der Waals surface area (Å²) in [6.45, 7) is 2.54. The third-order valence-electron chi connectivity index (χ3n) is 2.29. The average molecular weight is 235 g/mol. The first kappa shape index (κ1) is 13.0. The third-order valence-corrected chi connectivity index (χ3v) is 2.29. The van der Waals surface area contributed by atoms with Crippen molar-refractivity contribution in [1.29, 1.82) is 5.26 Å². The lowest BCUT2D eigenvalue weighted by Gasteiger charge is -2.19. The maximum absolute atomic E-state index is 10.7. The quantitative estimate of drug-likeness (QED) is 0.814. The maximum Gasteiger partial charge on any atom is 0.339 e. The summed E-state index contributed by atoms with van der Waals surface area (Å²) in [5, 5.41) is 26.9. The number of aryl methyl sites for hydroxylation is 1. The van der Waals surface area contributed by atoms with Crippen LogP contribution in [0.5, 0.6) is 5.75 Å². The molecule has 1 aromatic rings. The van der Waals surface area contributed by atoms with E-state index in [-0.39, 0.29) is 6.61 Å². The Balaban J connectivity index is 2.83. The number of aliphatic carboxylic acids is 1. The first-order chi connectivity index (χ1) is 7.86. The third kappa shape index (κ3) is 3.20. The zero-order valence-electron chi connectivity index (χ0n) is 9.60. The lowest BCUT2D eigenvalue weighted by atomic mass is 10.1. The molecule has 2 N–H and O–H groups in total. The zero-order valence-corrected chi connectivity index (χ0v) is 9.60. The van der Waals surface area contributed by atoms with E-state index in [1.165, 1.54) is 6.07 Å². The Morgan fingerprint density at radius 3 is 2.76 bits per heavy atom. The minimum Gasteiger partial charge on any atom is -0.490 e. The van der Waals surface area contributed by atoms with Crippen molar-refractivity contribution >= 4 is 5.97 Å². The van der Waals surface area contributed by atoms with Gasteiger partial charge in [0, 0.05) is 0 Å². The lowest BCUT2D eigenvalue weighted by molar-refractivity contribution is -0.159. The van der Waals surface area contributed by atoms with Crippen LogP contribution in [0.3, 0.4) is 0 Å². The normalized spacial score (nSPS) is 13.5. The summed E-state index contributed by atoms with van der Waals surface area (Å²) in [6.07, 6.45) is 0. The number of ether oxygens (including phenoxy) is 1. The molecule has 1 unspecified atom stereocenters.